The summed E-state index contributed by atoms with van der Waals surface area (Å²) in [6.07, 6.45) is 2.89. The number of fused-ring (bicyclic) bond motifs is 3. The second kappa shape index (κ2) is 3.67. The fraction of sp³-hybridized carbons (Fsp3) is 0.308. The predicted molar refractivity (Wildman–Crippen MR) is 65.1 cm³/mol. The van der Waals surface area contributed by atoms with E-state index in [2.05, 4.69) is 23.0 Å². The molecule has 0 N–H and O–H groups in total. The van der Waals surface area contributed by atoms with E-state index in [1.807, 2.05) is 24.4 Å². The van der Waals surface area contributed by atoms with Gasteiger partial charge >= 0.3 is 0 Å². The van der Waals surface area contributed by atoms with Crippen molar-refractivity contribution in [1.82, 2.24) is 4.98 Å². The van der Waals surface area contributed by atoms with E-state index in [9.17, 15) is 0 Å². The van der Waals surface area contributed by atoms with Crippen molar-refractivity contribution in [2.75, 3.05) is 25.1 Å². The summed E-state index contributed by atoms with van der Waals surface area (Å²) >= 11 is 0. The highest BCUT2D eigenvalue weighted by molar-refractivity contribution is 5.94. The summed E-state index contributed by atoms with van der Waals surface area (Å²) in [5.41, 5.74) is 2.20. The fourth-order valence-electron chi connectivity index (χ4n) is 2.20. The lowest BCUT2D eigenvalue weighted by molar-refractivity contribution is 0.321. The van der Waals surface area contributed by atoms with Gasteiger partial charge in [-0.25, -0.2) is 0 Å². The maximum Gasteiger partial charge on any atom is 0.161 e. The van der Waals surface area contributed by atoms with Crippen LogP contribution in [0, 0.1) is 0 Å². The Balaban J connectivity index is 2.30. The zero-order chi connectivity index (χ0) is 11.0. The molecule has 0 saturated carbocycles. The zero-order valence-corrected chi connectivity index (χ0v) is 9.31. The molecule has 16 heavy (non-hydrogen) atoms. The Bertz CT molecular complexity index is 524. The average Bonchev–Trinajstić information content (AvgIpc) is 2.51. The van der Waals surface area contributed by atoms with Gasteiger partial charge in [0.1, 0.15) is 0 Å². The summed E-state index contributed by atoms with van der Waals surface area (Å²) in [5, 5.41) is 1.17. The molecule has 1 aliphatic rings. The number of ether oxygens (including phenoxy) is 1. The van der Waals surface area contributed by atoms with E-state index >= 15 is 0 Å². The van der Waals surface area contributed by atoms with Crippen LogP contribution in [0.4, 0.5) is 5.69 Å². The molecule has 1 aromatic heterocycles. The number of rotatable bonds is 0. The molecule has 3 rings (SSSR count). The summed E-state index contributed by atoms with van der Waals surface area (Å²) in [6, 6.07) is 8.20. The molecule has 0 bridgehead atoms. The van der Waals surface area contributed by atoms with E-state index in [0.717, 1.165) is 30.8 Å². The molecular weight excluding hydrogens is 200 g/mol. The molecule has 0 amide bonds. The highest BCUT2D eigenvalue weighted by atomic mass is 16.5. The van der Waals surface area contributed by atoms with Crippen LogP contribution in [0.5, 0.6) is 5.75 Å². The van der Waals surface area contributed by atoms with Crippen molar-refractivity contribution in [2.45, 2.75) is 6.42 Å². The SMILES string of the molecule is CN1CCCOc2cnc3ccccc3c21. The maximum absolute atomic E-state index is 5.72. The Morgan fingerprint density at radius 2 is 2.19 bits per heavy atom. The standard InChI is InChI=1S/C13H14N2O/c1-15-7-4-8-16-12-9-14-11-6-3-2-5-10(11)13(12)15/h2-3,5-6,9H,4,7-8H2,1H3. The fourth-order valence-corrected chi connectivity index (χ4v) is 2.20. The first-order valence-electron chi connectivity index (χ1n) is 5.58. The Kier molecular flexibility index (Phi) is 2.17. The molecule has 1 aliphatic heterocycles. The second-order valence-electron chi connectivity index (χ2n) is 4.11. The van der Waals surface area contributed by atoms with Gasteiger partial charge in [-0.15, -0.1) is 0 Å². The highest BCUT2D eigenvalue weighted by Gasteiger charge is 2.16. The van der Waals surface area contributed by atoms with Crippen LogP contribution in [0.25, 0.3) is 10.9 Å². The minimum atomic E-state index is 0.775. The Labute approximate surface area is 94.7 Å². The van der Waals surface area contributed by atoms with Crippen LogP contribution < -0.4 is 9.64 Å². The number of aromatic nitrogens is 1. The van der Waals surface area contributed by atoms with Gasteiger partial charge in [0.2, 0.25) is 0 Å². The normalized spacial score (nSPS) is 15.4. The van der Waals surface area contributed by atoms with Gasteiger partial charge in [0, 0.05) is 19.0 Å². The van der Waals surface area contributed by atoms with E-state index < -0.39 is 0 Å². The third-order valence-corrected chi connectivity index (χ3v) is 2.99. The smallest absolute Gasteiger partial charge is 0.161 e. The molecule has 0 unspecified atom stereocenters. The quantitative estimate of drug-likeness (QED) is 0.673. The summed E-state index contributed by atoms with van der Waals surface area (Å²) < 4.78 is 5.72. The molecule has 3 nitrogen and oxygen atoms in total. The molecule has 0 spiro atoms. The number of pyridine rings is 1. The first-order valence-corrected chi connectivity index (χ1v) is 5.58. The van der Waals surface area contributed by atoms with Crippen molar-refractivity contribution >= 4 is 16.6 Å². The lowest BCUT2D eigenvalue weighted by Gasteiger charge is -2.19. The van der Waals surface area contributed by atoms with Crippen LogP contribution >= 0.6 is 0 Å². The molecule has 82 valence electrons. The van der Waals surface area contributed by atoms with E-state index in [0.29, 0.717) is 0 Å². The van der Waals surface area contributed by atoms with Gasteiger partial charge in [0.05, 0.1) is 24.0 Å². The summed E-state index contributed by atoms with van der Waals surface area (Å²) in [4.78, 5) is 6.68. The Morgan fingerprint density at radius 3 is 3.12 bits per heavy atom. The van der Waals surface area contributed by atoms with Crippen LogP contribution in [0.3, 0.4) is 0 Å². The zero-order valence-electron chi connectivity index (χ0n) is 9.31. The molecule has 0 radical (unpaired) electrons. The third kappa shape index (κ3) is 1.40. The molecule has 0 aliphatic carbocycles. The summed E-state index contributed by atoms with van der Waals surface area (Å²) in [5.74, 6) is 0.902. The number of benzene rings is 1. The summed E-state index contributed by atoms with van der Waals surface area (Å²) in [7, 11) is 2.11. The number of nitrogens with zero attached hydrogens (tertiary/aromatic N) is 2. The lowest BCUT2D eigenvalue weighted by atomic mass is 10.1. The van der Waals surface area contributed by atoms with Crippen LogP contribution in [-0.2, 0) is 0 Å². The van der Waals surface area contributed by atoms with Gasteiger partial charge in [-0.3, -0.25) is 4.98 Å². The van der Waals surface area contributed by atoms with Crippen LogP contribution in [0.2, 0.25) is 0 Å². The van der Waals surface area contributed by atoms with Crippen LogP contribution in [0.15, 0.2) is 30.5 Å². The van der Waals surface area contributed by atoms with E-state index in [1.165, 1.54) is 11.1 Å². The molecule has 0 saturated heterocycles. The topological polar surface area (TPSA) is 25.4 Å². The number of hydrogen-bond acceptors (Lipinski definition) is 3. The van der Waals surface area contributed by atoms with E-state index in [1.54, 1.807) is 0 Å². The van der Waals surface area contributed by atoms with Crippen LogP contribution in [-0.4, -0.2) is 25.2 Å². The number of anilines is 1. The first-order chi connectivity index (χ1) is 7.86. The molecule has 0 fully saturated rings. The highest BCUT2D eigenvalue weighted by Crippen LogP contribution is 2.35. The van der Waals surface area contributed by atoms with Crippen molar-refractivity contribution in [1.29, 1.82) is 0 Å². The molecule has 3 heteroatoms. The van der Waals surface area contributed by atoms with Gasteiger partial charge in [-0.05, 0) is 12.5 Å². The van der Waals surface area contributed by atoms with Gasteiger partial charge in [-0.2, -0.15) is 0 Å². The van der Waals surface area contributed by atoms with Crippen LogP contribution in [0.1, 0.15) is 6.42 Å². The van der Waals surface area contributed by atoms with Gasteiger partial charge in [-0.1, -0.05) is 18.2 Å². The molecule has 0 atom stereocenters. The molecule has 2 heterocycles. The van der Waals surface area contributed by atoms with Gasteiger partial charge in [0.15, 0.2) is 5.75 Å². The first kappa shape index (κ1) is 9.46. The maximum atomic E-state index is 5.72. The van der Waals surface area contributed by atoms with E-state index in [-0.39, 0.29) is 0 Å². The third-order valence-electron chi connectivity index (χ3n) is 2.99. The lowest BCUT2D eigenvalue weighted by Crippen LogP contribution is -2.17. The van der Waals surface area contributed by atoms with Gasteiger partial charge < -0.3 is 9.64 Å². The van der Waals surface area contributed by atoms with Crippen molar-refractivity contribution in [3.63, 3.8) is 0 Å². The van der Waals surface area contributed by atoms with E-state index in [4.69, 9.17) is 4.74 Å². The largest absolute Gasteiger partial charge is 0.490 e. The molecular formula is C13H14N2O. The van der Waals surface area contributed by atoms with Crippen molar-refractivity contribution in [2.24, 2.45) is 0 Å². The van der Waals surface area contributed by atoms with Gasteiger partial charge in [0.25, 0.3) is 0 Å². The second-order valence-corrected chi connectivity index (χ2v) is 4.11. The molecule has 2 aromatic rings. The predicted octanol–water partition coefficient (Wildman–Crippen LogP) is 2.45. The number of hydrogen-bond donors (Lipinski definition) is 0. The Morgan fingerprint density at radius 1 is 1.31 bits per heavy atom. The monoisotopic (exact) mass is 214 g/mol. The molecule has 1 aromatic carbocycles. The summed E-state index contributed by atoms with van der Waals surface area (Å²) in [6.45, 7) is 1.80. The van der Waals surface area contributed by atoms with Crippen molar-refractivity contribution in [3.8, 4) is 5.75 Å². The van der Waals surface area contributed by atoms with Crippen molar-refractivity contribution in [3.05, 3.63) is 30.5 Å². The minimum Gasteiger partial charge on any atom is -0.490 e. The number of para-hydroxylation sites is 1. The van der Waals surface area contributed by atoms with Crippen molar-refractivity contribution < 1.29 is 4.74 Å². The Hall–Kier alpha value is -1.77. The average molecular weight is 214 g/mol. The minimum absolute atomic E-state index is 0.775.